The lowest BCUT2D eigenvalue weighted by atomic mass is 9.96. The summed E-state index contributed by atoms with van der Waals surface area (Å²) in [6.07, 6.45) is 0.342. The Morgan fingerprint density at radius 3 is 2.43 bits per heavy atom. The van der Waals surface area contributed by atoms with Gasteiger partial charge in [0, 0.05) is 24.7 Å². The molecule has 37 heavy (non-hydrogen) atoms. The van der Waals surface area contributed by atoms with Crippen molar-refractivity contribution < 1.29 is 19.1 Å². The van der Waals surface area contributed by atoms with Crippen LogP contribution in [0, 0.1) is 5.92 Å². The summed E-state index contributed by atoms with van der Waals surface area (Å²) in [5, 5.41) is 3.55. The number of piperidine rings is 1. The van der Waals surface area contributed by atoms with Crippen LogP contribution in [-0.4, -0.2) is 65.0 Å². The molecule has 0 aliphatic carbocycles. The highest BCUT2D eigenvalue weighted by Gasteiger charge is 2.25. The molecule has 2 heterocycles. The molecule has 3 N–H and O–H groups in total. The van der Waals surface area contributed by atoms with Crippen LogP contribution in [0.4, 0.5) is 9.59 Å². The summed E-state index contributed by atoms with van der Waals surface area (Å²) < 4.78 is 13.8. The minimum Gasteiger partial charge on any atom is -0.490 e. The Morgan fingerprint density at radius 1 is 1.11 bits per heavy atom. The largest absolute Gasteiger partial charge is 0.490 e. The maximum Gasteiger partial charge on any atom is 0.404 e. The average molecular weight is 530 g/mol. The van der Waals surface area contributed by atoms with E-state index in [4.69, 9.17) is 26.8 Å². The number of aromatic nitrogens is 2. The maximum absolute atomic E-state index is 12.9. The molecular formula is C26H32ClN5O5. The minimum absolute atomic E-state index is 0.167. The van der Waals surface area contributed by atoms with Crippen LogP contribution in [-0.2, 0) is 11.3 Å². The number of imidazole rings is 1. The zero-order valence-corrected chi connectivity index (χ0v) is 21.5. The van der Waals surface area contributed by atoms with Crippen molar-refractivity contribution in [1.82, 2.24) is 19.4 Å². The van der Waals surface area contributed by atoms with Crippen LogP contribution in [0.5, 0.6) is 5.75 Å². The minimum atomic E-state index is -0.845. The van der Waals surface area contributed by atoms with E-state index in [-0.39, 0.29) is 18.2 Å². The number of nitrogens with zero attached hydrogens (tertiary/aromatic N) is 3. The SMILES string of the molecule is CCn1c(=O)n(C(=O)NCC2CCN(CC(COc3ccc(Cl)cc3)OC(N)=O)CC2)c2ccccc21. The highest BCUT2D eigenvalue weighted by atomic mass is 35.5. The summed E-state index contributed by atoms with van der Waals surface area (Å²) in [7, 11) is 0. The van der Waals surface area contributed by atoms with Crippen molar-refractivity contribution in [1.29, 1.82) is 0 Å². The molecule has 2 aromatic carbocycles. The first-order chi connectivity index (χ1) is 17.9. The van der Waals surface area contributed by atoms with Gasteiger partial charge in [0.1, 0.15) is 12.4 Å². The van der Waals surface area contributed by atoms with Gasteiger partial charge in [-0.25, -0.2) is 19.0 Å². The zero-order valence-electron chi connectivity index (χ0n) is 20.8. The first-order valence-electron chi connectivity index (χ1n) is 12.4. The molecule has 11 heteroatoms. The van der Waals surface area contributed by atoms with Gasteiger partial charge < -0.3 is 20.5 Å². The van der Waals surface area contributed by atoms with Crippen LogP contribution in [0.15, 0.2) is 53.3 Å². The number of carbonyl (C=O) groups excluding carboxylic acids is 2. The Bertz CT molecular complexity index is 1280. The van der Waals surface area contributed by atoms with Crippen molar-refractivity contribution in [2.24, 2.45) is 11.7 Å². The Kier molecular flexibility index (Phi) is 8.73. The van der Waals surface area contributed by atoms with Gasteiger partial charge in [0.15, 0.2) is 6.10 Å². The summed E-state index contributed by atoms with van der Waals surface area (Å²) in [4.78, 5) is 39.3. The van der Waals surface area contributed by atoms with Gasteiger partial charge in [-0.15, -0.1) is 0 Å². The topological polar surface area (TPSA) is 121 Å². The van der Waals surface area contributed by atoms with E-state index in [1.54, 1.807) is 34.9 Å². The second kappa shape index (κ2) is 12.2. The van der Waals surface area contributed by atoms with E-state index < -0.39 is 18.2 Å². The summed E-state index contributed by atoms with van der Waals surface area (Å²) >= 11 is 5.90. The van der Waals surface area contributed by atoms with E-state index in [1.807, 2.05) is 25.1 Å². The smallest absolute Gasteiger partial charge is 0.404 e. The van der Waals surface area contributed by atoms with Gasteiger partial charge >= 0.3 is 17.8 Å². The molecule has 4 rings (SSSR count). The number of carbonyl (C=O) groups is 2. The number of ether oxygens (including phenoxy) is 2. The first kappa shape index (κ1) is 26.6. The quantitative estimate of drug-likeness (QED) is 0.439. The van der Waals surface area contributed by atoms with Gasteiger partial charge in [0.05, 0.1) is 11.0 Å². The molecule has 1 aliphatic heterocycles. The van der Waals surface area contributed by atoms with Crippen LogP contribution in [0.1, 0.15) is 19.8 Å². The molecule has 0 saturated carbocycles. The summed E-state index contributed by atoms with van der Waals surface area (Å²) in [6.45, 7) is 5.05. The van der Waals surface area contributed by atoms with Crippen LogP contribution in [0.3, 0.4) is 0 Å². The van der Waals surface area contributed by atoms with Crippen LogP contribution < -0.4 is 21.5 Å². The average Bonchev–Trinajstić information content (AvgIpc) is 3.18. The molecule has 1 aromatic heterocycles. The number of rotatable bonds is 9. The van der Waals surface area contributed by atoms with Crippen LogP contribution in [0.25, 0.3) is 11.0 Å². The van der Waals surface area contributed by atoms with Crippen molar-refractivity contribution in [3.63, 3.8) is 0 Å². The number of likely N-dealkylation sites (tertiary alicyclic amines) is 1. The fourth-order valence-electron chi connectivity index (χ4n) is 4.69. The van der Waals surface area contributed by atoms with Gasteiger partial charge in [0.25, 0.3) is 0 Å². The van der Waals surface area contributed by atoms with Gasteiger partial charge in [0.2, 0.25) is 0 Å². The number of para-hydroxylation sites is 2. The summed E-state index contributed by atoms with van der Waals surface area (Å²) in [5.74, 6) is 0.898. The monoisotopic (exact) mass is 529 g/mol. The number of hydrogen-bond acceptors (Lipinski definition) is 6. The third-order valence-electron chi connectivity index (χ3n) is 6.60. The second-order valence-corrected chi connectivity index (χ2v) is 9.54. The number of benzene rings is 2. The number of aryl methyl sites for hydroxylation is 1. The second-order valence-electron chi connectivity index (χ2n) is 9.10. The van der Waals surface area contributed by atoms with Crippen molar-refractivity contribution in [3.8, 4) is 5.75 Å². The lowest BCUT2D eigenvalue weighted by molar-refractivity contribution is 0.0368. The number of amides is 2. The lowest BCUT2D eigenvalue weighted by Crippen LogP contribution is -2.45. The predicted molar refractivity (Wildman–Crippen MR) is 141 cm³/mol. The molecule has 0 spiro atoms. The molecule has 1 saturated heterocycles. The molecule has 3 aromatic rings. The van der Waals surface area contributed by atoms with E-state index in [1.165, 1.54) is 4.57 Å². The highest BCUT2D eigenvalue weighted by molar-refractivity contribution is 6.30. The molecule has 1 fully saturated rings. The van der Waals surface area contributed by atoms with Crippen LogP contribution in [0.2, 0.25) is 5.02 Å². The number of halogens is 1. The summed E-state index contributed by atoms with van der Waals surface area (Å²) in [6, 6.07) is 13.8. The van der Waals surface area contributed by atoms with Crippen molar-refractivity contribution >= 4 is 34.8 Å². The van der Waals surface area contributed by atoms with Crippen molar-refractivity contribution in [3.05, 3.63) is 64.0 Å². The summed E-state index contributed by atoms with van der Waals surface area (Å²) in [5.41, 5.74) is 6.27. The molecule has 1 unspecified atom stereocenters. The van der Waals surface area contributed by atoms with E-state index >= 15 is 0 Å². The predicted octanol–water partition coefficient (Wildman–Crippen LogP) is 3.29. The molecule has 10 nitrogen and oxygen atoms in total. The Balaban J connectivity index is 1.27. The molecule has 2 amide bonds. The molecule has 198 valence electrons. The third-order valence-corrected chi connectivity index (χ3v) is 6.85. The Labute approximate surface area is 219 Å². The molecular weight excluding hydrogens is 498 g/mol. The first-order valence-corrected chi connectivity index (χ1v) is 12.8. The zero-order chi connectivity index (χ0) is 26.4. The highest BCUT2D eigenvalue weighted by Crippen LogP contribution is 2.19. The third kappa shape index (κ3) is 6.64. The van der Waals surface area contributed by atoms with E-state index in [0.717, 1.165) is 31.4 Å². The normalized spacial score (nSPS) is 15.4. The van der Waals surface area contributed by atoms with Gasteiger partial charge in [-0.3, -0.25) is 9.47 Å². The molecule has 0 radical (unpaired) electrons. The Morgan fingerprint density at radius 2 is 1.78 bits per heavy atom. The number of hydrogen-bond donors (Lipinski definition) is 2. The molecule has 1 atom stereocenters. The fourth-order valence-corrected chi connectivity index (χ4v) is 4.82. The molecule has 0 bridgehead atoms. The maximum atomic E-state index is 12.9. The van der Waals surface area contributed by atoms with Crippen molar-refractivity contribution in [2.45, 2.75) is 32.4 Å². The van der Waals surface area contributed by atoms with Gasteiger partial charge in [-0.1, -0.05) is 23.7 Å². The van der Waals surface area contributed by atoms with E-state index in [0.29, 0.717) is 35.9 Å². The van der Waals surface area contributed by atoms with E-state index in [9.17, 15) is 14.4 Å². The number of nitrogens with two attached hydrogens (primary N) is 1. The number of primary amides is 1. The number of fused-ring (bicyclic) bond motifs is 1. The van der Waals surface area contributed by atoms with Gasteiger partial charge in [-0.2, -0.15) is 0 Å². The standard InChI is InChI=1S/C26H32ClN5O5/c1-2-31-22-5-3-4-6-23(22)32(26(31)35)25(34)29-15-18-11-13-30(14-12-18)16-21(37-24(28)33)17-36-20-9-7-19(27)8-10-20/h3-10,18,21H,2,11-17H2,1H3,(H2,28,33)(H,29,34). The van der Waals surface area contributed by atoms with Gasteiger partial charge in [-0.05, 0) is 75.2 Å². The lowest BCUT2D eigenvalue weighted by Gasteiger charge is -2.33. The van der Waals surface area contributed by atoms with E-state index in [2.05, 4.69) is 10.2 Å². The van der Waals surface area contributed by atoms with Crippen molar-refractivity contribution in [2.75, 3.05) is 32.8 Å². The number of nitrogens with one attached hydrogen (secondary N) is 1. The Hall–Kier alpha value is -3.50. The fraction of sp³-hybridized carbons (Fsp3) is 0.423. The molecule has 1 aliphatic rings. The van der Waals surface area contributed by atoms with Crippen LogP contribution >= 0.6 is 11.6 Å².